The Morgan fingerprint density at radius 1 is 0.862 bits per heavy atom. The highest BCUT2D eigenvalue weighted by Crippen LogP contribution is 2.15. The topological polar surface area (TPSA) is 75.4 Å². The van der Waals surface area contributed by atoms with Crippen molar-refractivity contribution in [1.82, 2.24) is 4.90 Å². The van der Waals surface area contributed by atoms with E-state index in [9.17, 15) is 14.0 Å². The average Bonchev–Trinajstić information content (AvgIpc) is 2.70. The number of nitrogens with zero attached hydrogens (tertiary/aromatic N) is 1. The van der Waals surface area contributed by atoms with Gasteiger partial charge in [0.25, 0.3) is 5.91 Å². The monoisotopic (exact) mass is 391 g/mol. The molecule has 0 fully saturated rings. The SMILES string of the molecule is NC(=O)c1cc(NC(=O)CN(Cc2ccccc2)Cc2ccccc2)ccc1F. The molecular weight excluding hydrogens is 369 g/mol. The zero-order valence-electron chi connectivity index (χ0n) is 15.8. The molecule has 0 aromatic heterocycles. The predicted octanol–water partition coefficient (Wildman–Crippen LogP) is 3.57. The van der Waals surface area contributed by atoms with Crippen LogP contribution in [-0.4, -0.2) is 23.3 Å². The van der Waals surface area contributed by atoms with Crippen LogP contribution in [0.25, 0.3) is 0 Å². The van der Waals surface area contributed by atoms with Crippen LogP contribution in [0.3, 0.4) is 0 Å². The number of amides is 2. The molecule has 0 atom stereocenters. The molecule has 3 rings (SSSR count). The van der Waals surface area contributed by atoms with Gasteiger partial charge in [-0.05, 0) is 29.3 Å². The van der Waals surface area contributed by atoms with Crippen molar-refractivity contribution in [2.75, 3.05) is 11.9 Å². The lowest BCUT2D eigenvalue weighted by Gasteiger charge is -2.22. The van der Waals surface area contributed by atoms with E-state index in [1.165, 1.54) is 12.1 Å². The first kappa shape index (κ1) is 20.2. The van der Waals surface area contributed by atoms with Crippen molar-refractivity contribution in [2.45, 2.75) is 13.1 Å². The predicted molar refractivity (Wildman–Crippen MR) is 111 cm³/mol. The molecule has 3 aromatic rings. The van der Waals surface area contributed by atoms with E-state index in [4.69, 9.17) is 5.73 Å². The van der Waals surface area contributed by atoms with Crippen molar-refractivity contribution < 1.29 is 14.0 Å². The lowest BCUT2D eigenvalue weighted by molar-refractivity contribution is -0.117. The molecule has 0 unspecified atom stereocenters. The molecule has 0 aliphatic carbocycles. The van der Waals surface area contributed by atoms with Crippen molar-refractivity contribution in [3.63, 3.8) is 0 Å². The molecule has 0 radical (unpaired) electrons. The highest BCUT2D eigenvalue weighted by atomic mass is 19.1. The highest BCUT2D eigenvalue weighted by molar-refractivity contribution is 5.97. The van der Waals surface area contributed by atoms with Gasteiger partial charge >= 0.3 is 0 Å². The van der Waals surface area contributed by atoms with Crippen molar-refractivity contribution in [1.29, 1.82) is 0 Å². The summed E-state index contributed by atoms with van der Waals surface area (Å²) < 4.78 is 13.6. The molecule has 0 aliphatic heterocycles. The number of rotatable bonds is 8. The van der Waals surface area contributed by atoms with Gasteiger partial charge in [-0.25, -0.2) is 4.39 Å². The van der Waals surface area contributed by atoms with E-state index in [-0.39, 0.29) is 18.0 Å². The Balaban J connectivity index is 1.71. The van der Waals surface area contributed by atoms with Crippen molar-refractivity contribution in [3.05, 3.63) is 101 Å². The number of carbonyl (C=O) groups is 2. The quantitative estimate of drug-likeness (QED) is 0.616. The van der Waals surface area contributed by atoms with Crippen LogP contribution in [0.4, 0.5) is 10.1 Å². The van der Waals surface area contributed by atoms with Crippen molar-refractivity contribution >= 4 is 17.5 Å². The molecule has 0 saturated carbocycles. The van der Waals surface area contributed by atoms with Crippen molar-refractivity contribution in [3.8, 4) is 0 Å². The fraction of sp³-hybridized carbons (Fsp3) is 0.130. The van der Waals surface area contributed by atoms with Gasteiger partial charge < -0.3 is 11.1 Å². The molecule has 2 amide bonds. The first-order valence-electron chi connectivity index (χ1n) is 9.20. The Morgan fingerprint density at radius 3 is 1.93 bits per heavy atom. The highest BCUT2D eigenvalue weighted by Gasteiger charge is 2.14. The molecule has 0 aliphatic rings. The molecular formula is C23H22FN3O2. The van der Waals surface area contributed by atoms with Crippen LogP contribution in [0.2, 0.25) is 0 Å². The smallest absolute Gasteiger partial charge is 0.251 e. The maximum absolute atomic E-state index is 13.6. The van der Waals surface area contributed by atoms with Crippen LogP contribution in [0.5, 0.6) is 0 Å². The maximum Gasteiger partial charge on any atom is 0.251 e. The molecule has 3 aromatic carbocycles. The van der Waals surface area contributed by atoms with Gasteiger partial charge in [-0.1, -0.05) is 60.7 Å². The minimum Gasteiger partial charge on any atom is -0.366 e. The van der Waals surface area contributed by atoms with Crippen LogP contribution in [-0.2, 0) is 17.9 Å². The largest absolute Gasteiger partial charge is 0.366 e. The minimum absolute atomic E-state index is 0.132. The van der Waals surface area contributed by atoms with Gasteiger partial charge in [-0.2, -0.15) is 0 Å². The number of hydrogen-bond donors (Lipinski definition) is 2. The molecule has 0 saturated heterocycles. The summed E-state index contributed by atoms with van der Waals surface area (Å²) in [5, 5.41) is 2.71. The number of nitrogens with one attached hydrogen (secondary N) is 1. The second kappa shape index (κ2) is 9.61. The number of nitrogens with two attached hydrogens (primary N) is 1. The van der Waals surface area contributed by atoms with E-state index in [0.29, 0.717) is 18.8 Å². The first-order valence-corrected chi connectivity index (χ1v) is 9.20. The Hall–Kier alpha value is -3.51. The van der Waals surface area contributed by atoms with E-state index in [1.54, 1.807) is 0 Å². The van der Waals surface area contributed by atoms with Crippen molar-refractivity contribution in [2.24, 2.45) is 5.73 Å². The van der Waals surface area contributed by atoms with Crippen LogP contribution in [0.1, 0.15) is 21.5 Å². The summed E-state index contributed by atoms with van der Waals surface area (Å²) in [6.45, 7) is 1.32. The van der Waals surface area contributed by atoms with E-state index in [0.717, 1.165) is 17.2 Å². The van der Waals surface area contributed by atoms with E-state index in [1.807, 2.05) is 65.6 Å². The number of benzene rings is 3. The number of hydrogen-bond acceptors (Lipinski definition) is 3. The number of primary amides is 1. The third kappa shape index (κ3) is 5.99. The average molecular weight is 391 g/mol. The summed E-state index contributed by atoms with van der Waals surface area (Å²) >= 11 is 0. The van der Waals surface area contributed by atoms with Crippen LogP contribution >= 0.6 is 0 Å². The fourth-order valence-corrected chi connectivity index (χ4v) is 3.05. The molecule has 5 nitrogen and oxygen atoms in total. The summed E-state index contributed by atoms with van der Waals surface area (Å²) in [4.78, 5) is 25.9. The lowest BCUT2D eigenvalue weighted by Crippen LogP contribution is -2.32. The van der Waals surface area contributed by atoms with Gasteiger partial charge in [0.15, 0.2) is 0 Å². The van der Waals surface area contributed by atoms with Crippen LogP contribution in [0.15, 0.2) is 78.9 Å². The second-order valence-electron chi connectivity index (χ2n) is 6.72. The standard InChI is InChI=1S/C23H22FN3O2/c24-21-12-11-19(13-20(21)23(25)29)26-22(28)16-27(14-17-7-3-1-4-8-17)15-18-9-5-2-6-10-18/h1-13H,14-16H2,(H2,25,29)(H,26,28). The van der Waals surface area contributed by atoms with E-state index in [2.05, 4.69) is 5.32 Å². The van der Waals surface area contributed by atoms with Gasteiger partial charge in [0.05, 0.1) is 12.1 Å². The van der Waals surface area contributed by atoms with E-state index >= 15 is 0 Å². The Morgan fingerprint density at radius 2 is 1.41 bits per heavy atom. The molecule has 0 heterocycles. The van der Waals surface area contributed by atoms with Crippen LogP contribution in [0, 0.1) is 5.82 Å². The molecule has 0 bridgehead atoms. The lowest BCUT2D eigenvalue weighted by atomic mass is 10.1. The molecule has 29 heavy (non-hydrogen) atoms. The van der Waals surface area contributed by atoms with Crippen LogP contribution < -0.4 is 11.1 Å². The molecule has 3 N–H and O–H groups in total. The third-order valence-corrected chi connectivity index (χ3v) is 4.38. The Bertz CT molecular complexity index is 936. The van der Waals surface area contributed by atoms with Gasteiger partial charge in [0.1, 0.15) is 5.82 Å². The summed E-state index contributed by atoms with van der Waals surface area (Å²) in [6.07, 6.45) is 0. The summed E-state index contributed by atoms with van der Waals surface area (Å²) in [6, 6.07) is 23.5. The van der Waals surface area contributed by atoms with Gasteiger partial charge in [-0.3, -0.25) is 14.5 Å². The molecule has 0 spiro atoms. The fourth-order valence-electron chi connectivity index (χ4n) is 3.05. The summed E-state index contributed by atoms with van der Waals surface area (Å²) in [5.74, 6) is -1.86. The zero-order chi connectivity index (χ0) is 20.6. The zero-order valence-corrected chi connectivity index (χ0v) is 15.8. The Labute approximate surface area is 169 Å². The first-order chi connectivity index (χ1) is 14.0. The minimum atomic E-state index is -0.881. The number of carbonyl (C=O) groups excluding carboxylic acids is 2. The Kier molecular flexibility index (Phi) is 6.71. The van der Waals surface area contributed by atoms with E-state index < -0.39 is 11.7 Å². The number of anilines is 1. The molecule has 6 heteroatoms. The van der Waals surface area contributed by atoms with Gasteiger partial charge in [0.2, 0.25) is 5.91 Å². The van der Waals surface area contributed by atoms with Gasteiger partial charge in [-0.15, -0.1) is 0 Å². The summed E-state index contributed by atoms with van der Waals surface area (Å²) in [5.41, 5.74) is 7.42. The van der Waals surface area contributed by atoms with Gasteiger partial charge in [0, 0.05) is 18.8 Å². The molecule has 148 valence electrons. The second-order valence-corrected chi connectivity index (χ2v) is 6.72. The normalized spacial score (nSPS) is 10.7. The third-order valence-electron chi connectivity index (χ3n) is 4.38. The number of halogens is 1. The summed E-state index contributed by atoms with van der Waals surface area (Å²) in [7, 11) is 0. The maximum atomic E-state index is 13.6.